The molecule has 4 rings (SSSR count). The van der Waals surface area contributed by atoms with E-state index in [9.17, 15) is 9.90 Å². The van der Waals surface area contributed by atoms with Crippen LogP contribution < -0.4 is 4.74 Å². The fourth-order valence-corrected chi connectivity index (χ4v) is 4.30. The minimum absolute atomic E-state index is 0.0538. The molecule has 1 amide bonds. The number of unbranched alkanes of at least 4 members (excludes halogenated alkanes) is 3. The number of phenols is 1. The number of rotatable bonds is 10. The summed E-state index contributed by atoms with van der Waals surface area (Å²) in [5, 5.41) is 17.8. The Morgan fingerprint density at radius 2 is 1.88 bits per heavy atom. The monoisotopic (exact) mass is 433 g/mol. The molecule has 0 saturated heterocycles. The van der Waals surface area contributed by atoms with Crippen LogP contribution in [0.3, 0.4) is 0 Å². The summed E-state index contributed by atoms with van der Waals surface area (Å²) in [6.07, 6.45) is 5.23. The summed E-state index contributed by atoms with van der Waals surface area (Å²) in [6, 6.07) is 14.8. The van der Waals surface area contributed by atoms with Gasteiger partial charge in [0.15, 0.2) is 0 Å². The maximum absolute atomic E-state index is 13.3. The molecule has 2 heterocycles. The lowest BCUT2D eigenvalue weighted by atomic mass is 9.95. The molecule has 6 heteroatoms. The highest BCUT2D eigenvalue weighted by molar-refractivity contribution is 6.00. The molecule has 0 fully saturated rings. The van der Waals surface area contributed by atoms with Gasteiger partial charge in [0.1, 0.15) is 22.9 Å². The minimum atomic E-state index is -0.281. The van der Waals surface area contributed by atoms with Crippen molar-refractivity contribution in [1.29, 1.82) is 0 Å². The molecule has 2 aromatic carbocycles. The van der Waals surface area contributed by atoms with E-state index in [1.165, 1.54) is 0 Å². The number of aromatic nitrogens is 2. The normalized spacial score (nSPS) is 15.2. The first-order valence-electron chi connectivity index (χ1n) is 11.6. The molecule has 0 aliphatic carbocycles. The summed E-state index contributed by atoms with van der Waals surface area (Å²) in [4.78, 5) is 15.2. The van der Waals surface area contributed by atoms with Gasteiger partial charge in [-0.1, -0.05) is 57.4 Å². The van der Waals surface area contributed by atoms with Crippen LogP contribution in [0.1, 0.15) is 73.6 Å². The number of amides is 1. The van der Waals surface area contributed by atoms with Gasteiger partial charge in [-0.05, 0) is 42.7 Å². The number of H-pyrrole nitrogens is 1. The number of aromatic amines is 1. The van der Waals surface area contributed by atoms with Crippen molar-refractivity contribution in [2.75, 3.05) is 13.2 Å². The van der Waals surface area contributed by atoms with Crippen LogP contribution in [0.15, 0.2) is 48.5 Å². The smallest absolute Gasteiger partial charge is 0.273 e. The molecule has 1 aliphatic rings. The van der Waals surface area contributed by atoms with Crippen LogP contribution in [0.25, 0.3) is 11.3 Å². The van der Waals surface area contributed by atoms with E-state index in [2.05, 4.69) is 24.0 Å². The third kappa shape index (κ3) is 4.22. The maximum atomic E-state index is 13.3. The van der Waals surface area contributed by atoms with Crippen LogP contribution in [-0.4, -0.2) is 39.3 Å². The Bertz CT molecular complexity index is 1080. The quantitative estimate of drug-likeness (QED) is 0.402. The summed E-state index contributed by atoms with van der Waals surface area (Å²) in [6.45, 7) is 5.63. The lowest BCUT2D eigenvalue weighted by Gasteiger charge is -2.26. The average Bonchev–Trinajstić information content (AvgIpc) is 3.34. The number of carbonyl (C=O) groups is 1. The number of aromatic hydroxyl groups is 1. The van der Waals surface area contributed by atoms with E-state index >= 15 is 0 Å². The van der Waals surface area contributed by atoms with Gasteiger partial charge in [-0.25, -0.2) is 0 Å². The Hall–Kier alpha value is -3.28. The third-order valence-electron chi connectivity index (χ3n) is 5.97. The molecule has 2 N–H and O–H groups in total. The predicted molar refractivity (Wildman–Crippen MR) is 125 cm³/mol. The first-order chi connectivity index (χ1) is 15.7. The SMILES string of the molecule is CCCCCOc1cccc([C@H]2c3c(-c4ccccc4O)n[nH]c3C(=O)N2CCCC)c1. The molecule has 0 bridgehead atoms. The number of hydrogen-bond donors (Lipinski definition) is 2. The second-order valence-electron chi connectivity index (χ2n) is 8.26. The van der Waals surface area contributed by atoms with E-state index in [-0.39, 0.29) is 17.7 Å². The topological polar surface area (TPSA) is 78.5 Å². The molecule has 168 valence electrons. The summed E-state index contributed by atoms with van der Waals surface area (Å²) < 4.78 is 5.99. The van der Waals surface area contributed by atoms with Gasteiger partial charge < -0.3 is 14.7 Å². The molecule has 6 nitrogen and oxygen atoms in total. The van der Waals surface area contributed by atoms with Gasteiger partial charge in [-0.2, -0.15) is 5.10 Å². The van der Waals surface area contributed by atoms with Crippen LogP contribution in [0.4, 0.5) is 0 Å². The van der Waals surface area contributed by atoms with Gasteiger partial charge in [0.2, 0.25) is 0 Å². The molecule has 0 saturated carbocycles. The van der Waals surface area contributed by atoms with E-state index in [4.69, 9.17) is 4.74 Å². The second-order valence-corrected chi connectivity index (χ2v) is 8.26. The largest absolute Gasteiger partial charge is 0.507 e. The van der Waals surface area contributed by atoms with Gasteiger partial charge in [0.25, 0.3) is 5.91 Å². The second kappa shape index (κ2) is 9.90. The van der Waals surface area contributed by atoms with Crippen molar-refractivity contribution in [3.05, 3.63) is 65.4 Å². The number of nitrogens with one attached hydrogen (secondary N) is 1. The summed E-state index contributed by atoms with van der Waals surface area (Å²) in [5.74, 6) is 0.900. The highest BCUT2D eigenvalue weighted by Crippen LogP contribution is 2.44. The van der Waals surface area contributed by atoms with E-state index in [1.807, 2.05) is 41.3 Å². The highest BCUT2D eigenvalue weighted by Gasteiger charge is 2.42. The van der Waals surface area contributed by atoms with Gasteiger partial charge in [-0.15, -0.1) is 0 Å². The summed E-state index contributed by atoms with van der Waals surface area (Å²) in [5.41, 5.74) is 3.53. The van der Waals surface area contributed by atoms with Gasteiger partial charge in [0, 0.05) is 17.7 Å². The van der Waals surface area contributed by atoms with Crippen LogP contribution >= 0.6 is 0 Å². The van der Waals surface area contributed by atoms with Crippen molar-refractivity contribution >= 4 is 5.91 Å². The summed E-state index contributed by atoms with van der Waals surface area (Å²) in [7, 11) is 0. The molecule has 1 atom stereocenters. The van der Waals surface area contributed by atoms with Gasteiger partial charge in [-0.3, -0.25) is 9.89 Å². The molecule has 1 aromatic heterocycles. The number of para-hydroxylation sites is 1. The molecule has 0 radical (unpaired) electrons. The molecule has 3 aromatic rings. The zero-order valence-electron chi connectivity index (χ0n) is 18.8. The minimum Gasteiger partial charge on any atom is -0.507 e. The van der Waals surface area contributed by atoms with Crippen LogP contribution in [-0.2, 0) is 0 Å². The summed E-state index contributed by atoms with van der Waals surface area (Å²) >= 11 is 0. The molecular weight excluding hydrogens is 402 g/mol. The number of nitrogens with zero attached hydrogens (tertiary/aromatic N) is 2. The van der Waals surface area contributed by atoms with E-state index < -0.39 is 0 Å². The van der Waals surface area contributed by atoms with Crippen LogP contribution in [0.2, 0.25) is 0 Å². The molecule has 0 unspecified atom stereocenters. The Morgan fingerprint density at radius 1 is 1.06 bits per heavy atom. The fourth-order valence-electron chi connectivity index (χ4n) is 4.30. The molecule has 32 heavy (non-hydrogen) atoms. The van der Waals surface area contributed by atoms with Crippen molar-refractivity contribution in [3.8, 4) is 22.8 Å². The zero-order valence-corrected chi connectivity index (χ0v) is 18.8. The molecular formula is C26H31N3O3. The number of ether oxygens (including phenoxy) is 1. The maximum Gasteiger partial charge on any atom is 0.273 e. The number of carbonyl (C=O) groups excluding carboxylic acids is 1. The third-order valence-corrected chi connectivity index (χ3v) is 5.97. The highest BCUT2D eigenvalue weighted by atomic mass is 16.5. The van der Waals surface area contributed by atoms with Crippen LogP contribution in [0, 0.1) is 0 Å². The number of phenolic OH excluding ortho intramolecular Hbond substituents is 1. The van der Waals surface area contributed by atoms with Crippen LogP contribution in [0.5, 0.6) is 11.5 Å². The Morgan fingerprint density at radius 3 is 2.66 bits per heavy atom. The number of fused-ring (bicyclic) bond motifs is 1. The van der Waals surface area contributed by atoms with Gasteiger partial charge >= 0.3 is 0 Å². The van der Waals surface area contributed by atoms with Crippen molar-refractivity contribution in [2.45, 2.75) is 52.0 Å². The lowest BCUT2D eigenvalue weighted by Crippen LogP contribution is -2.30. The number of benzene rings is 2. The average molecular weight is 434 g/mol. The van der Waals surface area contributed by atoms with Crippen molar-refractivity contribution in [1.82, 2.24) is 15.1 Å². The van der Waals surface area contributed by atoms with Crippen molar-refractivity contribution in [2.24, 2.45) is 0 Å². The van der Waals surface area contributed by atoms with E-state index in [1.54, 1.807) is 12.1 Å². The Kier molecular flexibility index (Phi) is 6.78. The lowest BCUT2D eigenvalue weighted by molar-refractivity contribution is 0.0741. The fraction of sp³-hybridized carbons (Fsp3) is 0.385. The van der Waals surface area contributed by atoms with Crippen molar-refractivity contribution in [3.63, 3.8) is 0 Å². The first kappa shape index (κ1) is 21.9. The molecule has 1 aliphatic heterocycles. The van der Waals surface area contributed by atoms with Gasteiger partial charge in [0.05, 0.1) is 12.6 Å². The standard InChI is InChI=1S/C26H31N3O3/c1-3-5-9-16-32-19-12-10-11-18(17-19)25-22-23(20-13-7-8-14-21(20)30)27-28-24(22)26(31)29(25)15-6-4-2/h7-8,10-14,17,25,30H,3-6,9,15-16H2,1-2H3,(H,27,28)/t25-/m0/s1. The van der Waals surface area contributed by atoms with Crippen molar-refractivity contribution < 1.29 is 14.6 Å². The molecule has 0 spiro atoms. The Labute approximate surface area is 189 Å². The predicted octanol–water partition coefficient (Wildman–Crippen LogP) is 5.70. The van der Waals surface area contributed by atoms with E-state index in [0.29, 0.717) is 30.1 Å². The van der Waals surface area contributed by atoms with E-state index in [0.717, 1.165) is 49.0 Å². The zero-order chi connectivity index (χ0) is 22.5. The Balaban J connectivity index is 1.74. The first-order valence-corrected chi connectivity index (χ1v) is 11.6. The number of hydrogen-bond acceptors (Lipinski definition) is 4.